The van der Waals surface area contributed by atoms with E-state index in [2.05, 4.69) is 5.32 Å². The standard InChI is InChI=1S/C18H25ClN2O5S/c1-3-13(4-2)20-17(22)12-26-18(23)15-11-14(7-8-16(15)19)27(24,25)21-9-5-6-10-21/h7-8,11,13H,3-6,9-10,12H2,1-2H3,(H,20,22). The number of carbonyl (C=O) groups excluding carboxylic acids is 2. The van der Waals surface area contributed by atoms with Crippen molar-refractivity contribution in [1.29, 1.82) is 0 Å². The van der Waals surface area contributed by atoms with E-state index in [-0.39, 0.29) is 21.5 Å². The third-order valence-electron chi connectivity index (χ3n) is 4.55. The van der Waals surface area contributed by atoms with E-state index < -0.39 is 28.5 Å². The molecular formula is C18H25ClN2O5S. The number of carbonyl (C=O) groups is 2. The fourth-order valence-corrected chi connectivity index (χ4v) is 4.61. The predicted molar refractivity (Wildman–Crippen MR) is 102 cm³/mol. The average Bonchev–Trinajstić information content (AvgIpc) is 3.20. The molecule has 0 aliphatic carbocycles. The lowest BCUT2D eigenvalue weighted by Gasteiger charge is -2.16. The summed E-state index contributed by atoms with van der Waals surface area (Å²) >= 11 is 6.04. The van der Waals surface area contributed by atoms with Crippen LogP contribution in [0.3, 0.4) is 0 Å². The second kappa shape index (κ2) is 9.52. The molecule has 0 atom stereocenters. The van der Waals surface area contributed by atoms with Crippen LogP contribution < -0.4 is 5.32 Å². The molecule has 9 heteroatoms. The number of esters is 1. The number of rotatable bonds is 8. The molecule has 0 aromatic heterocycles. The third kappa shape index (κ3) is 5.43. The lowest BCUT2D eigenvalue weighted by molar-refractivity contribution is -0.125. The summed E-state index contributed by atoms with van der Waals surface area (Å²) in [6.07, 6.45) is 3.18. The van der Waals surface area contributed by atoms with Gasteiger partial charge in [0.2, 0.25) is 10.0 Å². The van der Waals surface area contributed by atoms with Crippen LogP contribution in [-0.4, -0.2) is 50.3 Å². The molecule has 2 rings (SSSR count). The first-order valence-electron chi connectivity index (χ1n) is 9.05. The molecule has 0 saturated carbocycles. The van der Waals surface area contributed by atoms with E-state index in [1.165, 1.54) is 22.5 Å². The van der Waals surface area contributed by atoms with Gasteiger partial charge < -0.3 is 10.1 Å². The van der Waals surface area contributed by atoms with Gasteiger partial charge in [-0.1, -0.05) is 25.4 Å². The molecule has 7 nitrogen and oxygen atoms in total. The van der Waals surface area contributed by atoms with E-state index in [1.807, 2.05) is 13.8 Å². The molecule has 0 spiro atoms. The summed E-state index contributed by atoms with van der Waals surface area (Å²) in [7, 11) is -3.68. The molecule has 1 aliphatic rings. The molecule has 0 bridgehead atoms. The quantitative estimate of drug-likeness (QED) is 0.657. The molecule has 1 heterocycles. The zero-order valence-electron chi connectivity index (χ0n) is 15.5. The SMILES string of the molecule is CCC(CC)NC(=O)COC(=O)c1cc(S(=O)(=O)N2CCCC2)ccc1Cl. The van der Waals surface area contributed by atoms with Crippen LogP contribution in [-0.2, 0) is 19.6 Å². The number of sulfonamides is 1. The summed E-state index contributed by atoms with van der Waals surface area (Å²) in [6.45, 7) is 4.37. The Morgan fingerprint density at radius 2 is 1.85 bits per heavy atom. The van der Waals surface area contributed by atoms with Crippen molar-refractivity contribution in [3.05, 3.63) is 28.8 Å². The summed E-state index contributed by atoms with van der Waals surface area (Å²) in [4.78, 5) is 24.2. The molecule has 1 amide bonds. The number of hydrogen-bond acceptors (Lipinski definition) is 5. The number of halogens is 1. The van der Waals surface area contributed by atoms with E-state index in [1.54, 1.807) is 0 Å². The molecule has 1 aromatic carbocycles. The van der Waals surface area contributed by atoms with Crippen molar-refractivity contribution in [1.82, 2.24) is 9.62 Å². The Bertz CT molecular complexity index is 787. The van der Waals surface area contributed by atoms with Crippen molar-refractivity contribution >= 4 is 33.5 Å². The van der Waals surface area contributed by atoms with Gasteiger partial charge in [-0.2, -0.15) is 4.31 Å². The van der Waals surface area contributed by atoms with Crippen molar-refractivity contribution in [2.24, 2.45) is 0 Å². The van der Waals surface area contributed by atoms with Crippen molar-refractivity contribution in [2.75, 3.05) is 19.7 Å². The second-order valence-corrected chi connectivity index (χ2v) is 8.76. The van der Waals surface area contributed by atoms with E-state index in [4.69, 9.17) is 16.3 Å². The Morgan fingerprint density at radius 1 is 1.22 bits per heavy atom. The van der Waals surface area contributed by atoms with Crippen LogP contribution in [0, 0.1) is 0 Å². The average molecular weight is 417 g/mol. The highest BCUT2D eigenvalue weighted by atomic mass is 35.5. The number of amides is 1. The molecule has 1 N–H and O–H groups in total. The maximum Gasteiger partial charge on any atom is 0.340 e. The predicted octanol–water partition coefficient (Wildman–Crippen LogP) is 2.59. The molecule has 150 valence electrons. The van der Waals surface area contributed by atoms with Gasteiger partial charge in [-0.05, 0) is 43.9 Å². The highest BCUT2D eigenvalue weighted by molar-refractivity contribution is 7.89. The van der Waals surface area contributed by atoms with Crippen LogP contribution in [0.15, 0.2) is 23.1 Å². The van der Waals surface area contributed by atoms with Crippen molar-refractivity contribution in [2.45, 2.75) is 50.5 Å². The van der Waals surface area contributed by atoms with Gasteiger partial charge in [-0.15, -0.1) is 0 Å². The smallest absolute Gasteiger partial charge is 0.340 e. The van der Waals surface area contributed by atoms with E-state index in [0.717, 1.165) is 25.7 Å². The summed E-state index contributed by atoms with van der Waals surface area (Å²) in [5.74, 6) is -1.24. The van der Waals surface area contributed by atoms with Crippen molar-refractivity contribution in [3.63, 3.8) is 0 Å². The van der Waals surface area contributed by atoms with Crippen molar-refractivity contribution in [3.8, 4) is 0 Å². The Labute approximate surface area is 165 Å². The Morgan fingerprint density at radius 3 is 2.44 bits per heavy atom. The van der Waals surface area contributed by atoms with Gasteiger partial charge in [0.25, 0.3) is 5.91 Å². The van der Waals surface area contributed by atoms with Gasteiger partial charge in [0.15, 0.2) is 6.61 Å². The Balaban J connectivity index is 2.09. The summed E-state index contributed by atoms with van der Waals surface area (Å²) in [6, 6.07) is 3.95. The van der Waals surface area contributed by atoms with E-state index in [9.17, 15) is 18.0 Å². The highest BCUT2D eigenvalue weighted by Gasteiger charge is 2.28. The van der Waals surface area contributed by atoms with Crippen LogP contribution in [0.5, 0.6) is 0 Å². The monoisotopic (exact) mass is 416 g/mol. The topological polar surface area (TPSA) is 92.8 Å². The normalized spacial score (nSPS) is 15.1. The maximum absolute atomic E-state index is 12.6. The second-order valence-electron chi connectivity index (χ2n) is 6.41. The minimum atomic E-state index is -3.68. The maximum atomic E-state index is 12.6. The van der Waals surface area contributed by atoms with Gasteiger partial charge in [-0.25, -0.2) is 13.2 Å². The number of hydrogen-bond donors (Lipinski definition) is 1. The minimum Gasteiger partial charge on any atom is -0.452 e. The fourth-order valence-electron chi connectivity index (χ4n) is 2.87. The number of nitrogens with one attached hydrogen (secondary N) is 1. The minimum absolute atomic E-state index is 0.0118. The molecule has 1 saturated heterocycles. The van der Waals surface area contributed by atoms with Crippen LogP contribution in [0.1, 0.15) is 49.9 Å². The molecule has 1 aromatic rings. The van der Waals surface area contributed by atoms with Crippen LogP contribution in [0.25, 0.3) is 0 Å². The van der Waals surface area contributed by atoms with Gasteiger partial charge >= 0.3 is 5.97 Å². The summed E-state index contributed by atoms with van der Waals surface area (Å²) in [5.41, 5.74) is -0.0766. The number of benzene rings is 1. The highest BCUT2D eigenvalue weighted by Crippen LogP contribution is 2.25. The van der Waals surface area contributed by atoms with E-state index in [0.29, 0.717) is 13.1 Å². The largest absolute Gasteiger partial charge is 0.452 e. The molecule has 1 fully saturated rings. The van der Waals surface area contributed by atoms with E-state index >= 15 is 0 Å². The molecule has 0 unspecified atom stereocenters. The summed E-state index contributed by atoms with van der Waals surface area (Å²) < 4.78 is 31.7. The number of nitrogens with zero attached hydrogens (tertiary/aromatic N) is 1. The van der Waals surface area contributed by atoms with Crippen LogP contribution in [0.2, 0.25) is 5.02 Å². The first kappa shape index (κ1) is 21.7. The molecular weight excluding hydrogens is 392 g/mol. The Kier molecular flexibility index (Phi) is 7.64. The van der Waals surface area contributed by atoms with Gasteiger partial charge in [0, 0.05) is 19.1 Å². The lowest BCUT2D eigenvalue weighted by atomic mass is 10.2. The van der Waals surface area contributed by atoms with Crippen LogP contribution >= 0.6 is 11.6 Å². The molecule has 0 radical (unpaired) electrons. The lowest BCUT2D eigenvalue weighted by Crippen LogP contribution is -2.36. The first-order chi connectivity index (χ1) is 12.8. The molecule has 27 heavy (non-hydrogen) atoms. The third-order valence-corrected chi connectivity index (χ3v) is 6.77. The zero-order valence-corrected chi connectivity index (χ0v) is 17.1. The van der Waals surface area contributed by atoms with Gasteiger partial charge in [0.05, 0.1) is 15.5 Å². The Hall–Kier alpha value is -1.64. The number of ether oxygens (including phenoxy) is 1. The van der Waals surface area contributed by atoms with Gasteiger partial charge in [-0.3, -0.25) is 4.79 Å². The summed E-state index contributed by atoms with van der Waals surface area (Å²) in [5, 5.41) is 2.83. The zero-order chi connectivity index (χ0) is 20.0. The van der Waals surface area contributed by atoms with Crippen molar-refractivity contribution < 1.29 is 22.7 Å². The van der Waals surface area contributed by atoms with Gasteiger partial charge in [0.1, 0.15) is 0 Å². The fraction of sp³-hybridized carbons (Fsp3) is 0.556. The van der Waals surface area contributed by atoms with Crippen LogP contribution in [0.4, 0.5) is 0 Å². The first-order valence-corrected chi connectivity index (χ1v) is 10.9. The molecule has 1 aliphatic heterocycles.